The molecule has 0 saturated heterocycles. The molecule has 0 aromatic heterocycles. The Morgan fingerprint density at radius 1 is 0.850 bits per heavy atom. The smallest absolute Gasteiger partial charge is 0.0145 e. The predicted octanol–water partition coefficient (Wildman–Crippen LogP) is 3.28. The van der Waals surface area contributed by atoms with E-state index in [9.17, 15) is 0 Å². The van der Waals surface area contributed by atoms with Gasteiger partial charge in [0.15, 0.2) is 0 Å². The summed E-state index contributed by atoms with van der Waals surface area (Å²) in [7, 11) is 0. The van der Waals surface area contributed by atoms with Crippen molar-refractivity contribution in [3.63, 3.8) is 0 Å². The molecule has 4 rings (SSSR count). The molecule has 1 aromatic rings. The van der Waals surface area contributed by atoms with Crippen molar-refractivity contribution in [1.82, 2.24) is 5.32 Å². The molecule has 1 aromatic carbocycles. The molecule has 3 fully saturated rings. The van der Waals surface area contributed by atoms with Crippen molar-refractivity contribution >= 4 is 0 Å². The average molecular weight is 270 g/mol. The van der Waals surface area contributed by atoms with Gasteiger partial charge in [-0.25, -0.2) is 0 Å². The summed E-state index contributed by atoms with van der Waals surface area (Å²) in [6.45, 7) is 0. The Morgan fingerprint density at radius 2 is 1.50 bits per heavy atom. The summed E-state index contributed by atoms with van der Waals surface area (Å²) in [5.41, 5.74) is 9.07. The minimum absolute atomic E-state index is 0.456. The topological polar surface area (TPSA) is 38.0 Å². The normalized spacial score (nSPS) is 36.9. The lowest BCUT2D eigenvalue weighted by Gasteiger charge is -2.27. The highest BCUT2D eigenvalue weighted by Gasteiger charge is 2.39. The zero-order chi connectivity index (χ0) is 13.5. The van der Waals surface area contributed by atoms with Crippen LogP contribution in [0.4, 0.5) is 0 Å². The maximum atomic E-state index is 5.98. The van der Waals surface area contributed by atoms with Gasteiger partial charge < -0.3 is 11.1 Å². The summed E-state index contributed by atoms with van der Waals surface area (Å²) in [5, 5.41) is 3.86. The van der Waals surface area contributed by atoms with E-state index >= 15 is 0 Å². The highest BCUT2D eigenvalue weighted by molar-refractivity contribution is 5.33. The van der Waals surface area contributed by atoms with Crippen molar-refractivity contribution in [2.45, 2.75) is 74.9 Å². The van der Waals surface area contributed by atoms with Gasteiger partial charge in [-0.2, -0.15) is 0 Å². The van der Waals surface area contributed by atoms with Crippen LogP contribution >= 0.6 is 0 Å². The Bertz CT molecular complexity index is 455. The van der Waals surface area contributed by atoms with Crippen LogP contribution in [0.5, 0.6) is 0 Å². The molecular weight excluding hydrogens is 244 g/mol. The van der Waals surface area contributed by atoms with Gasteiger partial charge in [0, 0.05) is 24.0 Å². The number of benzene rings is 1. The van der Waals surface area contributed by atoms with Crippen molar-refractivity contribution < 1.29 is 0 Å². The lowest BCUT2D eigenvalue weighted by atomic mass is 9.92. The minimum atomic E-state index is 0.456. The van der Waals surface area contributed by atoms with Crippen LogP contribution < -0.4 is 11.1 Å². The van der Waals surface area contributed by atoms with Crippen molar-refractivity contribution in [3.8, 4) is 0 Å². The quantitative estimate of drug-likeness (QED) is 0.881. The Hall–Kier alpha value is -0.860. The third-order valence-electron chi connectivity index (χ3n) is 5.43. The molecule has 2 atom stereocenters. The van der Waals surface area contributed by atoms with Gasteiger partial charge in [0.1, 0.15) is 0 Å². The van der Waals surface area contributed by atoms with Gasteiger partial charge in [0.2, 0.25) is 0 Å². The van der Waals surface area contributed by atoms with Crippen LogP contribution in [0.3, 0.4) is 0 Å². The number of nitrogens with two attached hydrogens (primary N) is 1. The second-order valence-corrected chi connectivity index (χ2v) is 7.17. The van der Waals surface area contributed by atoms with Gasteiger partial charge in [-0.15, -0.1) is 0 Å². The van der Waals surface area contributed by atoms with Gasteiger partial charge in [-0.05, 0) is 62.0 Å². The molecule has 108 valence electrons. The first-order valence-electron chi connectivity index (χ1n) is 8.41. The standard InChI is InChI=1S/C18H26N2/c19-15-7-9-16(10-8-15)20-18-11-17(18)14-5-3-13(4-6-14)12-1-2-12/h3-6,12,15-18,20H,1-2,7-11,19H2. The molecule has 2 unspecified atom stereocenters. The summed E-state index contributed by atoms with van der Waals surface area (Å²) < 4.78 is 0. The largest absolute Gasteiger partial charge is 0.328 e. The molecule has 0 spiro atoms. The Balaban J connectivity index is 1.30. The van der Waals surface area contributed by atoms with E-state index in [1.54, 1.807) is 11.1 Å². The number of hydrogen-bond donors (Lipinski definition) is 2. The van der Waals surface area contributed by atoms with Crippen LogP contribution in [-0.2, 0) is 0 Å². The van der Waals surface area contributed by atoms with Crippen molar-refractivity contribution in [1.29, 1.82) is 0 Å². The first-order chi connectivity index (χ1) is 9.79. The summed E-state index contributed by atoms with van der Waals surface area (Å²) in [6.07, 6.45) is 9.06. The molecule has 0 heterocycles. The molecule has 3 N–H and O–H groups in total. The van der Waals surface area contributed by atoms with E-state index in [0.717, 1.165) is 23.9 Å². The zero-order valence-corrected chi connectivity index (χ0v) is 12.2. The van der Waals surface area contributed by atoms with Gasteiger partial charge in [-0.1, -0.05) is 24.3 Å². The average Bonchev–Trinajstić information content (AvgIpc) is 3.36. The molecule has 3 saturated carbocycles. The zero-order valence-electron chi connectivity index (χ0n) is 12.2. The second kappa shape index (κ2) is 5.16. The van der Waals surface area contributed by atoms with Crippen LogP contribution in [0.1, 0.15) is 67.9 Å². The van der Waals surface area contributed by atoms with E-state index in [2.05, 4.69) is 29.6 Å². The molecule has 0 amide bonds. The fraction of sp³-hybridized carbons (Fsp3) is 0.667. The van der Waals surface area contributed by atoms with Gasteiger partial charge in [-0.3, -0.25) is 0 Å². The predicted molar refractivity (Wildman–Crippen MR) is 82.9 cm³/mol. The van der Waals surface area contributed by atoms with Gasteiger partial charge in [0.05, 0.1) is 0 Å². The fourth-order valence-corrected chi connectivity index (χ4v) is 3.77. The Labute approximate surface area is 122 Å². The van der Waals surface area contributed by atoms with Crippen molar-refractivity contribution in [3.05, 3.63) is 35.4 Å². The summed E-state index contributed by atoms with van der Waals surface area (Å²) in [4.78, 5) is 0. The minimum Gasteiger partial charge on any atom is -0.328 e. The highest BCUT2D eigenvalue weighted by atomic mass is 15.0. The van der Waals surface area contributed by atoms with E-state index in [1.807, 2.05) is 0 Å². The second-order valence-electron chi connectivity index (χ2n) is 7.17. The van der Waals surface area contributed by atoms with E-state index in [0.29, 0.717) is 6.04 Å². The third kappa shape index (κ3) is 2.77. The van der Waals surface area contributed by atoms with Crippen LogP contribution in [0.25, 0.3) is 0 Å². The SMILES string of the molecule is NC1CCC(NC2CC2c2ccc(C3CC3)cc2)CC1. The third-order valence-corrected chi connectivity index (χ3v) is 5.43. The van der Waals surface area contributed by atoms with E-state index in [4.69, 9.17) is 5.73 Å². The van der Waals surface area contributed by atoms with E-state index in [-0.39, 0.29) is 0 Å². The van der Waals surface area contributed by atoms with Crippen molar-refractivity contribution in [2.24, 2.45) is 5.73 Å². The number of hydrogen-bond acceptors (Lipinski definition) is 2. The Morgan fingerprint density at radius 3 is 2.15 bits per heavy atom. The molecule has 3 aliphatic rings. The molecular formula is C18H26N2. The summed E-state index contributed by atoms with van der Waals surface area (Å²) in [5.74, 6) is 1.64. The first kappa shape index (κ1) is 12.8. The van der Waals surface area contributed by atoms with Crippen LogP contribution in [-0.4, -0.2) is 18.1 Å². The maximum Gasteiger partial charge on any atom is 0.0145 e. The number of nitrogens with one attached hydrogen (secondary N) is 1. The van der Waals surface area contributed by atoms with Crippen LogP contribution in [0, 0.1) is 0 Å². The van der Waals surface area contributed by atoms with E-state index in [1.165, 1.54) is 44.9 Å². The fourth-order valence-electron chi connectivity index (χ4n) is 3.77. The summed E-state index contributed by atoms with van der Waals surface area (Å²) >= 11 is 0. The van der Waals surface area contributed by atoms with Crippen LogP contribution in [0.2, 0.25) is 0 Å². The number of rotatable bonds is 4. The van der Waals surface area contributed by atoms with Crippen LogP contribution in [0.15, 0.2) is 24.3 Å². The summed E-state index contributed by atoms with van der Waals surface area (Å²) in [6, 6.07) is 11.4. The van der Waals surface area contributed by atoms with Crippen molar-refractivity contribution in [2.75, 3.05) is 0 Å². The monoisotopic (exact) mass is 270 g/mol. The Kier molecular flexibility index (Phi) is 3.31. The molecule has 2 nitrogen and oxygen atoms in total. The maximum absolute atomic E-state index is 5.98. The van der Waals surface area contributed by atoms with E-state index < -0.39 is 0 Å². The molecule has 0 radical (unpaired) electrons. The molecule has 0 bridgehead atoms. The lowest BCUT2D eigenvalue weighted by molar-refractivity contribution is 0.339. The lowest BCUT2D eigenvalue weighted by Crippen LogP contribution is -2.38. The van der Waals surface area contributed by atoms with Gasteiger partial charge in [0.25, 0.3) is 0 Å². The molecule has 3 aliphatic carbocycles. The highest BCUT2D eigenvalue weighted by Crippen LogP contribution is 2.44. The molecule has 20 heavy (non-hydrogen) atoms. The van der Waals surface area contributed by atoms with Gasteiger partial charge >= 0.3 is 0 Å². The molecule has 0 aliphatic heterocycles. The first-order valence-corrected chi connectivity index (χ1v) is 8.41. The molecule has 2 heteroatoms.